The highest BCUT2D eigenvalue weighted by atomic mass is 32.2. The lowest BCUT2D eigenvalue weighted by atomic mass is 9.96. The number of nitrogens with one attached hydrogen (secondary N) is 1. The van der Waals surface area contributed by atoms with E-state index in [2.05, 4.69) is 5.32 Å². The van der Waals surface area contributed by atoms with Crippen molar-refractivity contribution in [1.82, 2.24) is 9.55 Å². The number of hydrogen-bond acceptors (Lipinski definition) is 5. The predicted molar refractivity (Wildman–Crippen MR) is 144 cm³/mol. The van der Waals surface area contributed by atoms with Gasteiger partial charge in [-0.2, -0.15) is 0 Å². The normalized spacial score (nSPS) is 15.3. The first-order valence-corrected chi connectivity index (χ1v) is 12.7. The summed E-state index contributed by atoms with van der Waals surface area (Å²) < 4.78 is 1.65. The average Bonchev–Trinajstić information content (AvgIpc) is 2.88. The van der Waals surface area contributed by atoms with Crippen LogP contribution >= 0.6 is 11.8 Å². The minimum absolute atomic E-state index is 0.0112. The number of carbonyl (C=O) groups is 2. The number of anilines is 2. The van der Waals surface area contributed by atoms with Crippen LogP contribution in [0.1, 0.15) is 32.4 Å². The molecule has 1 atom stereocenters. The molecule has 4 aromatic rings. The van der Waals surface area contributed by atoms with E-state index in [0.29, 0.717) is 27.4 Å². The van der Waals surface area contributed by atoms with Crippen molar-refractivity contribution in [1.29, 1.82) is 0 Å². The van der Waals surface area contributed by atoms with Gasteiger partial charge in [0.2, 0.25) is 11.8 Å². The maximum Gasteiger partial charge on any atom is 0.262 e. The van der Waals surface area contributed by atoms with Crippen LogP contribution in [0, 0.1) is 0 Å². The van der Waals surface area contributed by atoms with Crippen LogP contribution in [-0.2, 0) is 9.59 Å². The number of benzene rings is 3. The molecule has 1 aliphatic rings. The van der Waals surface area contributed by atoms with Gasteiger partial charge in [0.15, 0.2) is 5.16 Å². The fourth-order valence-electron chi connectivity index (χ4n) is 4.54. The molecule has 1 aliphatic heterocycles. The van der Waals surface area contributed by atoms with Crippen LogP contribution in [0.4, 0.5) is 11.4 Å². The summed E-state index contributed by atoms with van der Waals surface area (Å²) in [6.45, 7) is 5.40. The third kappa shape index (κ3) is 4.07. The Bertz CT molecular complexity index is 1530. The Morgan fingerprint density at radius 2 is 1.64 bits per heavy atom. The lowest BCUT2D eigenvalue weighted by molar-refractivity contribution is -0.125. The standard InChI is InChI=1S/C28H26N4O3S/c1-18(19-11-5-4-6-12-19)31-25(34)20-13-7-8-14-21(20)30-27(31)36-17-24(33)32-23-16-10-9-15-22(23)29-26(35)28(32,2)3/h4-16,18H,17H2,1-3H3,(H,29,35). The summed E-state index contributed by atoms with van der Waals surface area (Å²) >= 11 is 1.21. The van der Waals surface area contributed by atoms with Crippen LogP contribution in [0.25, 0.3) is 10.9 Å². The molecule has 0 saturated carbocycles. The zero-order chi connectivity index (χ0) is 25.4. The first kappa shape index (κ1) is 23.8. The van der Waals surface area contributed by atoms with Crippen LogP contribution < -0.4 is 15.8 Å². The van der Waals surface area contributed by atoms with Crippen LogP contribution in [0.15, 0.2) is 88.8 Å². The maximum absolute atomic E-state index is 13.6. The van der Waals surface area contributed by atoms with Crippen molar-refractivity contribution in [3.8, 4) is 0 Å². The number of thioether (sulfide) groups is 1. The molecule has 1 aromatic heterocycles. The number of aromatic nitrogens is 2. The van der Waals surface area contributed by atoms with Gasteiger partial charge in [-0.25, -0.2) is 4.98 Å². The molecule has 5 rings (SSSR count). The second kappa shape index (κ2) is 9.28. The van der Waals surface area contributed by atoms with Crippen molar-refractivity contribution in [2.45, 2.75) is 37.5 Å². The number of fused-ring (bicyclic) bond motifs is 2. The van der Waals surface area contributed by atoms with E-state index in [9.17, 15) is 14.4 Å². The molecule has 7 nitrogen and oxygen atoms in total. The van der Waals surface area contributed by atoms with Gasteiger partial charge in [-0.1, -0.05) is 66.4 Å². The van der Waals surface area contributed by atoms with Gasteiger partial charge < -0.3 is 5.32 Å². The molecule has 2 amide bonds. The number of amides is 2. The highest BCUT2D eigenvalue weighted by Gasteiger charge is 2.43. The van der Waals surface area contributed by atoms with Crippen molar-refractivity contribution in [2.24, 2.45) is 0 Å². The molecular weight excluding hydrogens is 472 g/mol. The highest BCUT2D eigenvalue weighted by Crippen LogP contribution is 2.37. The molecule has 3 aromatic carbocycles. The van der Waals surface area contributed by atoms with E-state index in [0.717, 1.165) is 5.56 Å². The Morgan fingerprint density at radius 1 is 0.972 bits per heavy atom. The summed E-state index contributed by atoms with van der Waals surface area (Å²) in [7, 11) is 0. The fraction of sp³-hybridized carbons (Fsp3) is 0.214. The van der Waals surface area contributed by atoms with E-state index in [4.69, 9.17) is 4.98 Å². The first-order valence-electron chi connectivity index (χ1n) is 11.7. The molecule has 8 heteroatoms. The molecule has 0 saturated heterocycles. The zero-order valence-corrected chi connectivity index (χ0v) is 21.1. The molecule has 1 N–H and O–H groups in total. The summed E-state index contributed by atoms with van der Waals surface area (Å²) in [4.78, 5) is 46.3. The minimum atomic E-state index is -1.07. The summed E-state index contributed by atoms with van der Waals surface area (Å²) in [5, 5.41) is 3.86. The van der Waals surface area contributed by atoms with E-state index in [1.807, 2.05) is 67.6 Å². The second-order valence-corrected chi connectivity index (χ2v) is 10.2. The van der Waals surface area contributed by atoms with E-state index in [1.54, 1.807) is 36.6 Å². The van der Waals surface area contributed by atoms with Gasteiger partial charge in [-0.05, 0) is 50.6 Å². The maximum atomic E-state index is 13.6. The third-order valence-electron chi connectivity index (χ3n) is 6.53. The molecule has 1 unspecified atom stereocenters. The number of carbonyl (C=O) groups excluding carboxylic acids is 2. The first-order chi connectivity index (χ1) is 17.3. The predicted octanol–water partition coefficient (Wildman–Crippen LogP) is 4.86. The summed E-state index contributed by atoms with van der Waals surface area (Å²) in [6, 6.07) is 23.9. The van der Waals surface area contributed by atoms with Crippen molar-refractivity contribution < 1.29 is 9.59 Å². The molecule has 0 bridgehead atoms. The van der Waals surface area contributed by atoms with Gasteiger partial charge >= 0.3 is 0 Å². The largest absolute Gasteiger partial charge is 0.322 e. The van der Waals surface area contributed by atoms with Crippen molar-refractivity contribution in [3.63, 3.8) is 0 Å². The second-order valence-electron chi connectivity index (χ2n) is 9.22. The van der Waals surface area contributed by atoms with Crippen molar-refractivity contribution in [2.75, 3.05) is 16.0 Å². The number of rotatable bonds is 5. The third-order valence-corrected chi connectivity index (χ3v) is 7.46. The molecule has 0 spiro atoms. The smallest absolute Gasteiger partial charge is 0.262 e. The van der Waals surface area contributed by atoms with Gasteiger partial charge in [-0.15, -0.1) is 0 Å². The molecule has 36 heavy (non-hydrogen) atoms. The van der Waals surface area contributed by atoms with Gasteiger partial charge in [0, 0.05) is 0 Å². The van der Waals surface area contributed by atoms with E-state index < -0.39 is 5.54 Å². The Hall–Kier alpha value is -3.91. The zero-order valence-electron chi connectivity index (χ0n) is 20.3. The number of hydrogen-bond donors (Lipinski definition) is 1. The fourth-order valence-corrected chi connectivity index (χ4v) is 5.46. The summed E-state index contributed by atoms with van der Waals surface area (Å²) in [5.74, 6) is -0.483. The van der Waals surface area contributed by atoms with Crippen LogP contribution in [0.3, 0.4) is 0 Å². The van der Waals surface area contributed by atoms with Gasteiger partial charge in [0.05, 0.1) is 34.1 Å². The Morgan fingerprint density at radius 3 is 2.42 bits per heavy atom. The van der Waals surface area contributed by atoms with Gasteiger partial charge in [0.25, 0.3) is 5.56 Å². The lowest BCUT2D eigenvalue weighted by Crippen LogP contribution is -2.59. The summed E-state index contributed by atoms with van der Waals surface area (Å²) in [6.07, 6.45) is 0. The monoisotopic (exact) mass is 498 g/mol. The number of nitrogens with zero attached hydrogens (tertiary/aromatic N) is 3. The number of para-hydroxylation sites is 3. The molecule has 0 aliphatic carbocycles. The van der Waals surface area contributed by atoms with Gasteiger partial charge in [-0.3, -0.25) is 23.9 Å². The van der Waals surface area contributed by atoms with Gasteiger partial charge in [0.1, 0.15) is 5.54 Å². The molecular formula is C28H26N4O3S. The highest BCUT2D eigenvalue weighted by molar-refractivity contribution is 7.99. The average molecular weight is 499 g/mol. The van der Waals surface area contributed by atoms with Crippen molar-refractivity contribution in [3.05, 3.63) is 94.8 Å². The Kier molecular flexibility index (Phi) is 6.14. The van der Waals surface area contributed by atoms with Crippen LogP contribution in [-0.4, -0.2) is 32.7 Å². The molecule has 182 valence electrons. The molecule has 2 heterocycles. The summed E-state index contributed by atoms with van der Waals surface area (Å²) in [5.41, 5.74) is 1.56. The Balaban J connectivity index is 1.53. The molecule has 0 fully saturated rings. The van der Waals surface area contributed by atoms with E-state index in [1.165, 1.54) is 16.7 Å². The van der Waals surface area contributed by atoms with Crippen LogP contribution in [0.2, 0.25) is 0 Å². The van der Waals surface area contributed by atoms with E-state index in [-0.39, 0.29) is 29.2 Å². The topological polar surface area (TPSA) is 84.3 Å². The minimum Gasteiger partial charge on any atom is -0.322 e. The van der Waals surface area contributed by atoms with E-state index >= 15 is 0 Å². The SMILES string of the molecule is CC(c1ccccc1)n1c(SCC(=O)N2c3ccccc3NC(=O)C2(C)C)nc2ccccc2c1=O. The Labute approximate surface area is 213 Å². The van der Waals surface area contributed by atoms with Crippen molar-refractivity contribution >= 4 is 45.9 Å². The molecule has 0 radical (unpaired) electrons. The quantitative estimate of drug-likeness (QED) is 0.314. The van der Waals surface area contributed by atoms with Crippen LogP contribution in [0.5, 0.6) is 0 Å². The lowest BCUT2D eigenvalue weighted by Gasteiger charge is -2.42.